The van der Waals surface area contributed by atoms with Crippen LogP contribution in [0.3, 0.4) is 0 Å². The molecule has 0 atom stereocenters. The summed E-state index contributed by atoms with van der Waals surface area (Å²) in [6.07, 6.45) is -4.46. The summed E-state index contributed by atoms with van der Waals surface area (Å²) in [4.78, 5) is 3.48. The minimum Gasteiger partial charge on any atom is -0.325 e. The van der Waals surface area contributed by atoms with Crippen LogP contribution in [-0.4, -0.2) is 4.98 Å². The lowest BCUT2D eigenvalue weighted by Gasteiger charge is -2.08. The van der Waals surface area contributed by atoms with Gasteiger partial charge in [-0.1, -0.05) is 11.6 Å². The van der Waals surface area contributed by atoms with Crippen LogP contribution in [0.1, 0.15) is 11.3 Å². The second kappa shape index (κ2) is 3.51. The summed E-state index contributed by atoms with van der Waals surface area (Å²) in [5, 5.41) is -0.560. The SMILES string of the molecule is NCc1ccc(C(F)(F)F)c(Cl)n1. The van der Waals surface area contributed by atoms with E-state index >= 15 is 0 Å². The minimum atomic E-state index is -4.46. The number of hydrogen-bond donors (Lipinski definition) is 1. The van der Waals surface area contributed by atoms with Gasteiger partial charge in [-0.25, -0.2) is 4.98 Å². The van der Waals surface area contributed by atoms with Crippen LogP contribution in [0.5, 0.6) is 0 Å². The quantitative estimate of drug-likeness (QED) is 0.722. The molecule has 0 aliphatic carbocycles. The van der Waals surface area contributed by atoms with E-state index in [9.17, 15) is 13.2 Å². The van der Waals surface area contributed by atoms with E-state index in [2.05, 4.69) is 4.98 Å². The summed E-state index contributed by atoms with van der Waals surface area (Å²) in [6.45, 7) is 0.0673. The second-order valence-corrected chi connectivity index (χ2v) is 2.70. The van der Waals surface area contributed by atoms with Gasteiger partial charge in [0.1, 0.15) is 5.15 Å². The van der Waals surface area contributed by atoms with Gasteiger partial charge in [-0.05, 0) is 12.1 Å². The number of alkyl halides is 3. The molecule has 0 aromatic carbocycles. The topological polar surface area (TPSA) is 38.9 Å². The van der Waals surface area contributed by atoms with E-state index in [0.29, 0.717) is 5.69 Å². The van der Waals surface area contributed by atoms with Crippen molar-refractivity contribution < 1.29 is 13.2 Å². The molecule has 0 aliphatic heterocycles. The average molecular weight is 211 g/mol. The van der Waals surface area contributed by atoms with Gasteiger partial charge in [-0.15, -0.1) is 0 Å². The van der Waals surface area contributed by atoms with Crippen LogP contribution in [0.25, 0.3) is 0 Å². The molecule has 0 fully saturated rings. The van der Waals surface area contributed by atoms with E-state index < -0.39 is 16.9 Å². The lowest BCUT2D eigenvalue weighted by Crippen LogP contribution is -2.09. The third-order valence-electron chi connectivity index (χ3n) is 1.42. The molecule has 6 heteroatoms. The van der Waals surface area contributed by atoms with Crippen molar-refractivity contribution in [2.45, 2.75) is 12.7 Å². The maximum Gasteiger partial charge on any atom is 0.419 e. The third-order valence-corrected chi connectivity index (χ3v) is 1.71. The van der Waals surface area contributed by atoms with Crippen molar-refractivity contribution in [2.24, 2.45) is 5.73 Å². The van der Waals surface area contributed by atoms with E-state index in [1.807, 2.05) is 0 Å². The van der Waals surface area contributed by atoms with Crippen molar-refractivity contribution in [3.05, 3.63) is 28.5 Å². The first-order chi connectivity index (χ1) is 5.95. The van der Waals surface area contributed by atoms with Crippen molar-refractivity contribution in [1.82, 2.24) is 4.98 Å². The van der Waals surface area contributed by atoms with Gasteiger partial charge in [0.2, 0.25) is 0 Å². The highest BCUT2D eigenvalue weighted by Crippen LogP contribution is 2.33. The molecule has 72 valence electrons. The fourth-order valence-electron chi connectivity index (χ4n) is 0.797. The van der Waals surface area contributed by atoms with Crippen LogP contribution in [-0.2, 0) is 12.7 Å². The van der Waals surface area contributed by atoms with Crippen LogP contribution in [0.15, 0.2) is 12.1 Å². The molecule has 0 unspecified atom stereocenters. The van der Waals surface area contributed by atoms with Crippen molar-refractivity contribution in [1.29, 1.82) is 0 Å². The predicted molar refractivity (Wildman–Crippen MR) is 42.1 cm³/mol. The fraction of sp³-hybridized carbons (Fsp3) is 0.286. The molecular weight excluding hydrogens is 205 g/mol. The van der Waals surface area contributed by atoms with Crippen molar-refractivity contribution in [2.75, 3.05) is 0 Å². The first kappa shape index (κ1) is 10.3. The Morgan fingerprint density at radius 3 is 2.38 bits per heavy atom. The Bertz CT molecular complexity index is 311. The summed E-state index contributed by atoms with van der Waals surface area (Å²) in [5.74, 6) is 0. The van der Waals surface area contributed by atoms with E-state index in [1.165, 1.54) is 6.07 Å². The largest absolute Gasteiger partial charge is 0.419 e. The molecule has 2 N–H and O–H groups in total. The van der Waals surface area contributed by atoms with Gasteiger partial charge in [0.15, 0.2) is 0 Å². The zero-order valence-corrected chi connectivity index (χ0v) is 7.15. The number of pyridine rings is 1. The Morgan fingerprint density at radius 2 is 2.00 bits per heavy atom. The molecule has 2 nitrogen and oxygen atoms in total. The molecule has 0 radical (unpaired) electrons. The molecule has 13 heavy (non-hydrogen) atoms. The standard InChI is InChI=1S/C7H6ClF3N2/c8-6-5(7(9,10)11)2-1-4(3-12)13-6/h1-2H,3,12H2. The number of halogens is 4. The van der Waals surface area contributed by atoms with Gasteiger partial charge in [0, 0.05) is 6.54 Å². The molecular formula is C7H6ClF3N2. The molecule has 0 amide bonds. The zero-order valence-electron chi connectivity index (χ0n) is 6.40. The predicted octanol–water partition coefficient (Wildman–Crippen LogP) is 2.21. The van der Waals surface area contributed by atoms with Crippen LogP contribution in [0, 0.1) is 0 Å². The molecule has 0 saturated heterocycles. The second-order valence-electron chi connectivity index (χ2n) is 2.34. The minimum absolute atomic E-state index is 0.0673. The van der Waals surface area contributed by atoms with Gasteiger partial charge in [0.25, 0.3) is 0 Å². The van der Waals surface area contributed by atoms with Gasteiger partial charge in [-0.3, -0.25) is 0 Å². The smallest absolute Gasteiger partial charge is 0.325 e. The molecule has 0 spiro atoms. The highest BCUT2D eigenvalue weighted by Gasteiger charge is 2.33. The van der Waals surface area contributed by atoms with Crippen LogP contribution >= 0.6 is 11.6 Å². The Balaban J connectivity index is 3.13. The van der Waals surface area contributed by atoms with Crippen molar-refractivity contribution in [3.63, 3.8) is 0 Å². The number of hydrogen-bond acceptors (Lipinski definition) is 2. The molecule has 0 aliphatic rings. The van der Waals surface area contributed by atoms with Crippen LogP contribution in [0.4, 0.5) is 13.2 Å². The fourth-order valence-corrected chi connectivity index (χ4v) is 1.08. The first-order valence-electron chi connectivity index (χ1n) is 3.38. The normalized spacial score (nSPS) is 11.8. The molecule has 1 heterocycles. The highest BCUT2D eigenvalue weighted by atomic mass is 35.5. The van der Waals surface area contributed by atoms with Gasteiger partial charge in [-0.2, -0.15) is 13.2 Å². The summed E-state index contributed by atoms with van der Waals surface area (Å²) >= 11 is 5.31. The lowest BCUT2D eigenvalue weighted by molar-refractivity contribution is -0.137. The number of aromatic nitrogens is 1. The van der Waals surface area contributed by atoms with Crippen LogP contribution < -0.4 is 5.73 Å². The Morgan fingerprint density at radius 1 is 1.38 bits per heavy atom. The summed E-state index contributed by atoms with van der Waals surface area (Å²) in [6, 6.07) is 2.08. The van der Waals surface area contributed by atoms with Crippen molar-refractivity contribution >= 4 is 11.6 Å². The molecule has 1 rings (SSSR count). The van der Waals surface area contributed by atoms with E-state index in [4.69, 9.17) is 17.3 Å². The molecule has 1 aromatic heterocycles. The number of rotatable bonds is 1. The van der Waals surface area contributed by atoms with Crippen molar-refractivity contribution in [3.8, 4) is 0 Å². The number of nitrogens with zero attached hydrogens (tertiary/aromatic N) is 1. The lowest BCUT2D eigenvalue weighted by atomic mass is 10.2. The summed E-state index contributed by atoms with van der Waals surface area (Å²) in [7, 11) is 0. The van der Waals surface area contributed by atoms with E-state index in [-0.39, 0.29) is 6.54 Å². The zero-order chi connectivity index (χ0) is 10.1. The molecule has 0 saturated carbocycles. The Kier molecular flexibility index (Phi) is 2.77. The highest BCUT2D eigenvalue weighted by molar-refractivity contribution is 6.30. The van der Waals surface area contributed by atoms with E-state index in [1.54, 1.807) is 0 Å². The van der Waals surface area contributed by atoms with Crippen LogP contribution in [0.2, 0.25) is 5.15 Å². The molecule has 0 bridgehead atoms. The first-order valence-corrected chi connectivity index (χ1v) is 3.75. The maximum absolute atomic E-state index is 12.1. The summed E-state index contributed by atoms with van der Waals surface area (Å²) < 4.78 is 36.4. The monoisotopic (exact) mass is 210 g/mol. The van der Waals surface area contributed by atoms with Gasteiger partial charge >= 0.3 is 6.18 Å². The maximum atomic E-state index is 12.1. The Labute approximate surface area is 77.5 Å². The number of nitrogens with two attached hydrogens (primary N) is 1. The van der Waals surface area contributed by atoms with Gasteiger partial charge < -0.3 is 5.73 Å². The van der Waals surface area contributed by atoms with Gasteiger partial charge in [0.05, 0.1) is 11.3 Å². The molecule has 1 aromatic rings. The average Bonchev–Trinajstić information content (AvgIpc) is 2.01. The Hall–Kier alpha value is -0.810. The van der Waals surface area contributed by atoms with E-state index in [0.717, 1.165) is 6.07 Å². The third kappa shape index (κ3) is 2.32. The summed E-state index contributed by atoms with van der Waals surface area (Å²) in [5.41, 5.74) is 4.57.